The summed E-state index contributed by atoms with van der Waals surface area (Å²) >= 11 is 0. The number of hydrogen-bond donors (Lipinski definition) is 1. The minimum absolute atomic E-state index is 0.0397. The zero-order valence-corrected chi connectivity index (χ0v) is 8.40. The van der Waals surface area contributed by atoms with E-state index in [4.69, 9.17) is 14.6 Å². The third-order valence-electron chi connectivity index (χ3n) is 1.78. The van der Waals surface area contributed by atoms with Crippen LogP contribution in [-0.2, 0) is 9.53 Å². The molecule has 0 aliphatic carbocycles. The van der Waals surface area contributed by atoms with E-state index in [9.17, 15) is 4.79 Å². The second kappa shape index (κ2) is 5.17. The summed E-state index contributed by atoms with van der Waals surface area (Å²) in [4.78, 5) is 10.7. The lowest BCUT2D eigenvalue weighted by molar-refractivity contribution is -0.130. The molecule has 4 nitrogen and oxygen atoms in total. The van der Waals surface area contributed by atoms with E-state index in [1.807, 2.05) is 0 Å². The standard InChI is InChI=1S/C11H12O4/c1-8(11(12)13)9-4-3-5-10(6-9)15-7-14-2/h3-6H,1,7H2,2H3,(H,12,13). The zero-order valence-electron chi connectivity index (χ0n) is 8.40. The highest BCUT2D eigenvalue weighted by molar-refractivity contribution is 6.14. The van der Waals surface area contributed by atoms with Crippen molar-refractivity contribution in [3.8, 4) is 5.75 Å². The maximum Gasteiger partial charge on any atom is 0.335 e. The first-order valence-corrected chi connectivity index (χ1v) is 4.29. The minimum Gasteiger partial charge on any atom is -0.478 e. The van der Waals surface area contributed by atoms with Crippen molar-refractivity contribution in [1.82, 2.24) is 0 Å². The van der Waals surface area contributed by atoms with Gasteiger partial charge in [0, 0.05) is 7.11 Å². The zero-order chi connectivity index (χ0) is 11.3. The molecule has 0 atom stereocenters. The summed E-state index contributed by atoms with van der Waals surface area (Å²) in [6.07, 6.45) is 0. The third-order valence-corrected chi connectivity index (χ3v) is 1.78. The van der Waals surface area contributed by atoms with Gasteiger partial charge in [-0.1, -0.05) is 18.7 Å². The normalized spacial score (nSPS) is 9.67. The fourth-order valence-electron chi connectivity index (χ4n) is 1.02. The van der Waals surface area contributed by atoms with Crippen LogP contribution in [0.15, 0.2) is 30.8 Å². The van der Waals surface area contributed by atoms with Crippen LogP contribution in [0.5, 0.6) is 5.75 Å². The summed E-state index contributed by atoms with van der Waals surface area (Å²) in [5.41, 5.74) is 0.564. The Kier molecular flexibility index (Phi) is 3.88. The van der Waals surface area contributed by atoms with Crippen LogP contribution >= 0.6 is 0 Å². The molecule has 80 valence electrons. The van der Waals surface area contributed by atoms with Crippen LogP contribution in [-0.4, -0.2) is 25.0 Å². The fraction of sp³-hybridized carbons (Fsp3) is 0.182. The van der Waals surface area contributed by atoms with Crippen molar-refractivity contribution >= 4 is 11.5 Å². The molecular formula is C11H12O4. The molecule has 0 aromatic heterocycles. The summed E-state index contributed by atoms with van der Waals surface area (Å²) in [5, 5.41) is 8.74. The van der Waals surface area contributed by atoms with Crippen molar-refractivity contribution in [1.29, 1.82) is 0 Å². The number of rotatable bonds is 5. The molecule has 1 N–H and O–H groups in total. The largest absolute Gasteiger partial charge is 0.478 e. The van der Waals surface area contributed by atoms with Crippen LogP contribution < -0.4 is 4.74 Å². The van der Waals surface area contributed by atoms with Crippen LogP contribution in [0.25, 0.3) is 5.57 Å². The van der Waals surface area contributed by atoms with Gasteiger partial charge < -0.3 is 14.6 Å². The van der Waals surface area contributed by atoms with Crippen LogP contribution in [0.1, 0.15) is 5.56 Å². The lowest BCUT2D eigenvalue weighted by atomic mass is 10.1. The third kappa shape index (κ3) is 3.11. The molecule has 0 aliphatic heterocycles. The average Bonchev–Trinajstić information content (AvgIpc) is 2.25. The van der Waals surface area contributed by atoms with E-state index in [1.165, 1.54) is 7.11 Å². The Morgan fingerprint density at radius 2 is 2.27 bits per heavy atom. The molecule has 0 amide bonds. The fourth-order valence-corrected chi connectivity index (χ4v) is 1.02. The number of carboxylic acids is 1. The topological polar surface area (TPSA) is 55.8 Å². The highest BCUT2D eigenvalue weighted by Gasteiger charge is 2.07. The van der Waals surface area contributed by atoms with Gasteiger partial charge in [0.1, 0.15) is 5.75 Å². The Bertz CT molecular complexity index is 371. The van der Waals surface area contributed by atoms with Gasteiger partial charge >= 0.3 is 5.97 Å². The molecule has 0 unspecified atom stereocenters. The number of carbonyl (C=O) groups is 1. The molecule has 0 saturated heterocycles. The van der Waals surface area contributed by atoms with Gasteiger partial charge in [-0.2, -0.15) is 0 Å². The SMILES string of the molecule is C=C(C(=O)O)c1cccc(OCOC)c1. The molecule has 15 heavy (non-hydrogen) atoms. The first-order chi connectivity index (χ1) is 7.15. The Labute approximate surface area is 87.7 Å². The van der Waals surface area contributed by atoms with E-state index in [0.29, 0.717) is 11.3 Å². The van der Waals surface area contributed by atoms with Crippen molar-refractivity contribution in [3.63, 3.8) is 0 Å². The maximum atomic E-state index is 10.7. The molecule has 0 aliphatic rings. The Hall–Kier alpha value is -1.81. The highest BCUT2D eigenvalue weighted by atomic mass is 16.7. The molecule has 0 fully saturated rings. The molecule has 4 heteroatoms. The number of ether oxygens (including phenoxy) is 2. The smallest absolute Gasteiger partial charge is 0.335 e. The summed E-state index contributed by atoms with van der Waals surface area (Å²) in [5.74, 6) is -0.490. The first-order valence-electron chi connectivity index (χ1n) is 4.29. The van der Waals surface area contributed by atoms with E-state index < -0.39 is 5.97 Å². The first kappa shape index (κ1) is 11.3. The van der Waals surface area contributed by atoms with Crippen molar-refractivity contribution in [2.24, 2.45) is 0 Å². The number of hydrogen-bond acceptors (Lipinski definition) is 3. The Morgan fingerprint density at radius 1 is 1.53 bits per heavy atom. The molecule has 1 aromatic rings. The van der Waals surface area contributed by atoms with Gasteiger partial charge in [0.05, 0.1) is 5.57 Å². The van der Waals surface area contributed by atoms with E-state index in [2.05, 4.69) is 6.58 Å². The molecule has 0 heterocycles. The lowest BCUT2D eigenvalue weighted by Gasteiger charge is -2.06. The Balaban J connectivity index is 2.82. The second-order valence-corrected chi connectivity index (χ2v) is 2.86. The lowest BCUT2D eigenvalue weighted by Crippen LogP contribution is -2.01. The van der Waals surface area contributed by atoms with Gasteiger partial charge in [0.2, 0.25) is 0 Å². The molecule has 0 spiro atoms. The van der Waals surface area contributed by atoms with Crippen LogP contribution in [0.4, 0.5) is 0 Å². The molecule has 1 aromatic carbocycles. The Morgan fingerprint density at radius 3 is 2.87 bits per heavy atom. The number of aliphatic carboxylic acids is 1. The number of benzene rings is 1. The van der Waals surface area contributed by atoms with Crippen LogP contribution in [0, 0.1) is 0 Å². The van der Waals surface area contributed by atoms with E-state index in [1.54, 1.807) is 24.3 Å². The summed E-state index contributed by atoms with van der Waals surface area (Å²) in [7, 11) is 1.51. The van der Waals surface area contributed by atoms with Crippen molar-refractivity contribution in [3.05, 3.63) is 36.4 Å². The summed E-state index contributed by atoms with van der Waals surface area (Å²) < 4.78 is 9.90. The van der Waals surface area contributed by atoms with Gasteiger partial charge in [-0.05, 0) is 17.7 Å². The van der Waals surface area contributed by atoms with Crippen LogP contribution in [0.3, 0.4) is 0 Å². The predicted octanol–water partition coefficient (Wildman–Crippen LogP) is 1.77. The van der Waals surface area contributed by atoms with Crippen molar-refractivity contribution in [2.45, 2.75) is 0 Å². The quantitative estimate of drug-likeness (QED) is 0.591. The monoisotopic (exact) mass is 208 g/mol. The maximum absolute atomic E-state index is 10.7. The average molecular weight is 208 g/mol. The summed E-state index contributed by atoms with van der Waals surface area (Å²) in [6, 6.07) is 6.69. The molecule has 0 saturated carbocycles. The van der Waals surface area contributed by atoms with E-state index in [-0.39, 0.29) is 12.4 Å². The van der Waals surface area contributed by atoms with E-state index in [0.717, 1.165) is 0 Å². The van der Waals surface area contributed by atoms with Gasteiger partial charge in [-0.3, -0.25) is 0 Å². The second-order valence-electron chi connectivity index (χ2n) is 2.86. The highest BCUT2D eigenvalue weighted by Crippen LogP contribution is 2.19. The van der Waals surface area contributed by atoms with Crippen molar-refractivity contribution in [2.75, 3.05) is 13.9 Å². The van der Waals surface area contributed by atoms with E-state index >= 15 is 0 Å². The van der Waals surface area contributed by atoms with Gasteiger partial charge in [0.15, 0.2) is 6.79 Å². The molecular weight excluding hydrogens is 196 g/mol. The molecule has 0 bridgehead atoms. The van der Waals surface area contributed by atoms with Gasteiger partial charge in [-0.25, -0.2) is 4.79 Å². The van der Waals surface area contributed by atoms with Crippen LogP contribution in [0.2, 0.25) is 0 Å². The molecule has 0 radical (unpaired) electrons. The number of carboxylic acid groups (broad SMARTS) is 1. The minimum atomic E-state index is -1.04. The number of methoxy groups -OCH3 is 1. The predicted molar refractivity (Wildman–Crippen MR) is 55.6 cm³/mol. The molecule has 1 rings (SSSR count). The summed E-state index contributed by atoms with van der Waals surface area (Å²) in [6.45, 7) is 3.59. The van der Waals surface area contributed by atoms with Gasteiger partial charge in [-0.15, -0.1) is 0 Å². The van der Waals surface area contributed by atoms with Gasteiger partial charge in [0.25, 0.3) is 0 Å². The van der Waals surface area contributed by atoms with Crippen molar-refractivity contribution < 1.29 is 19.4 Å².